The van der Waals surface area contributed by atoms with E-state index >= 15 is 0 Å². The summed E-state index contributed by atoms with van der Waals surface area (Å²) in [7, 11) is -3.37. The van der Waals surface area contributed by atoms with Gasteiger partial charge in [0.2, 0.25) is 11.9 Å². The quantitative estimate of drug-likeness (QED) is 0.119. The summed E-state index contributed by atoms with van der Waals surface area (Å²) in [6, 6.07) is -1.19. The van der Waals surface area contributed by atoms with Gasteiger partial charge >= 0.3 is 5.97 Å². The van der Waals surface area contributed by atoms with Crippen LogP contribution < -0.4 is 10.8 Å². The molecule has 14 nitrogen and oxygen atoms in total. The zero-order valence-electron chi connectivity index (χ0n) is 24.6. The topological polar surface area (TPSA) is 215 Å². The highest BCUT2D eigenvalue weighted by Crippen LogP contribution is 2.35. The van der Waals surface area contributed by atoms with Gasteiger partial charge in [-0.2, -0.15) is 5.48 Å². The number of hydrogen-bond acceptors (Lipinski definition) is 11. The van der Waals surface area contributed by atoms with E-state index in [4.69, 9.17) is 10.1 Å². The minimum Gasteiger partial charge on any atom is -0.481 e. The third kappa shape index (κ3) is 8.85. The standard InChI is InChI=1S/C28H47N3O11S/c32-22-7-1-17(16-42-38)18(13-22)15-41-30-20-4-10-24(11-5-20)43(39,40)23-8-2-19(3-9-23)29-27(33)26-14-21(31(36)37)6-12-25(26)28(34)35/h17-26,30,32,38H,1-16H2,(H,29,33)(H,34,35). The lowest BCUT2D eigenvalue weighted by atomic mass is 9.76. The SMILES string of the molecule is O=C(O)C1CCC([N+](=O)[O-])CC1C(=O)NC1CCC(S(=O)(=O)C2CCC(NOCC3CC(O)CCC3COO)CC2)CC1. The van der Waals surface area contributed by atoms with Crippen molar-refractivity contribution in [3.8, 4) is 0 Å². The molecule has 0 radical (unpaired) electrons. The van der Waals surface area contributed by atoms with E-state index in [1.54, 1.807) is 0 Å². The molecule has 0 heterocycles. The maximum absolute atomic E-state index is 13.5. The van der Waals surface area contributed by atoms with Crippen LogP contribution in [-0.4, -0.2) is 88.6 Å². The van der Waals surface area contributed by atoms with Crippen molar-refractivity contribution < 1.29 is 48.1 Å². The normalized spacial score (nSPS) is 37.3. The first kappa shape index (κ1) is 34.0. The molecule has 0 spiro atoms. The summed E-state index contributed by atoms with van der Waals surface area (Å²) >= 11 is 0. The van der Waals surface area contributed by atoms with Crippen LogP contribution in [0, 0.1) is 33.8 Å². The van der Waals surface area contributed by atoms with Crippen molar-refractivity contribution in [2.45, 2.75) is 125 Å². The highest BCUT2D eigenvalue weighted by Gasteiger charge is 2.45. The molecule has 1 amide bonds. The van der Waals surface area contributed by atoms with Gasteiger partial charge < -0.3 is 20.4 Å². The molecule has 4 rings (SSSR count). The Labute approximate surface area is 252 Å². The Morgan fingerprint density at radius 2 is 1.44 bits per heavy atom. The third-order valence-electron chi connectivity index (χ3n) is 10.3. The molecule has 0 aromatic rings. The van der Waals surface area contributed by atoms with Crippen molar-refractivity contribution in [2.24, 2.45) is 23.7 Å². The van der Waals surface area contributed by atoms with Gasteiger partial charge in [-0.25, -0.2) is 13.3 Å². The van der Waals surface area contributed by atoms with Gasteiger partial charge in [-0.15, -0.1) is 0 Å². The van der Waals surface area contributed by atoms with Crippen LogP contribution in [0.4, 0.5) is 0 Å². The summed E-state index contributed by atoms with van der Waals surface area (Å²) in [6.07, 6.45) is 5.83. The molecule has 0 aromatic heterocycles. The summed E-state index contributed by atoms with van der Waals surface area (Å²) in [5.74, 6) is -3.38. The van der Waals surface area contributed by atoms with Gasteiger partial charge in [0.1, 0.15) is 0 Å². The summed E-state index contributed by atoms with van der Waals surface area (Å²) in [5.41, 5.74) is 3.07. The molecule has 43 heavy (non-hydrogen) atoms. The van der Waals surface area contributed by atoms with E-state index in [-0.39, 0.29) is 55.9 Å². The zero-order chi connectivity index (χ0) is 31.1. The van der Waals surface area contributed by atoms with Gasteiger partial charge in [-0.3, -0.25) is 25.0 Å². The van der Waals surface area contributed by atoms with Gasteiger partial charge in [0, 0.05) is 29.8 Å². The fraction of sp³-hybridized carbons (Fsp3) is 0.929. The van der Waals surface area contributed by atoms with Crippen molar-refractivity contribution in [3.63, 3.8) is 0 Å². The van der Waals surface area contributed by atoms with E-state index in [0.717, 1.165) is 6.42 Å². The molecule has 4 aliphatic rings. The maximum atomic E-state index is 13.5. The van der Waals surface area contributed by atoms with Crippen LogP contribution in [0.15, 0.2) is 0 Å². The van der Waals surface area contributed by atoms with Crippen LogP contribution in [0.1, 0.15) is 89.9 Å². The highest BCUT2D eigenvalue weighted by atomic mass is 32.2. The molecule has 4 fully saturated rings. The number of hydroxylamine groups is 1. The Hall–Kier alpha value is -1.91. The largest absolute Gasteiger partial charge is 0.481 e. The fourth-order valence-electron chi connectivity index (χ4n) is 7.64. The van der Waals surface area contributed by atoms with Gasteiger partial charge in [-0.1, -0.05) is 0 Å². The lowest BCUT2D eigenvalue weighted by Gasteiger charge is -2.36. The monoisotopic (exact) mass is 633 g/mol. The van der Waals surface area contributed by atoms with Gasteiger partial charge in [-0.05, 0) is 88.9 Å². The van der Waals surface area contributed by atoms with Crippen molar-refractivity contribution in [1.82, 2.24) is 10.8 Å². The van der Waals surface area contributed by atoms with E-state index < -0.39 is 55.0 Å². The average Bonchev–Trinajstić information content (AvgIpc) is 2.98. The van der Waals surface area contributed by atoms with Crippen molar-refractivity contribution in [2.75, 3.05) is 13.2 Å². The number of nitrogens with one attached hydrogen (secondary N) is 2. The van der Waals surface area contributed by atoms with Crippen molar-refractivity contribution in [1.29, 1.82) is 0 Å². The molecule has 6 unspecified atom stereocenters. The molecular formula is C28H47N3O11S. The lowest BCUT2D eigenvalue weighted by Crippen LogP contribution is -2.49. The summed E-state index contributed by atoms with van der Waals surface area (Å²) < 4.78 is 26.9. The van der Waals surface area contributed by atoms with Crippen LogP contribution in [0.5, 0.6) is 0 Å². The molecule has 5 N–H and O–H groups in total. The number of carbonyl (C=O) groups excluding carboxylic acids is 1. The smallest absolute Gasteiger partial charge is 0.307 e. The minimum absolute atomic E-state index is 0.0303. The van der Waals surface area contributed by atoms with Crippen LogP contribution in [0.25, 0.3) is 0 Å². The molecule has 4 saturated carbocycles. The molecule has 0 saturated heterocycles. The summed E-state index contributed by atoms with van der Waals surface area (Å²) in [6.45, 7) is 0.575. The molecule has 15 heteroatoms. The first-order chi connectivity index (χ1) is 20.5. The van der Waals surface area contributed by atoms with Crippen molar-refractivity contribution >= 4 is 21.7 Å². The number of carbonyl (C=O) groups is 2. The molecule has 6 atom stereocenters. The number of amides is 1. The minimum atomic E-state index is -3.37. The maximum Gasteiger partial charge on any atom is 0.307 e. The predicted octanol–water partition coefficient (Wildman–Crippen LogP) is 2.07. The second-order valence-electron chi connectivity index (χ2n) is 13.1. The van der Waals surface area contributed by atoms with Crippen LogP contribution in [0.2, 0.25) is 0 Å². The molecule has 0 bridgehead atoms. The second-order valence-corrected chi connectivity index (χ2v) is 15.6. The number of aliphatic hydroxyl groups excluding tert-OH is 1. The van der Waals surface area contributed by atoms with E-state index in [1.807, 2.05) is 0 Å². The number of carboxylic acids is 1. The van der Waals surface area contributed by atoms with Gasteiger partial charge in [0.05, 0.1) is 41.7 Å². The number of nitro groups is 1. The Kier molecular flexibility index (Phi) is 12.2. The van der Waals surface area contributed by atoms with E-state index in [0.29, 0.717) is 70.8 Å². The van der Waals surface area contributed by atoms with Crippen molar-refractivity contribution in [3.05, 3.63) is 10.1 Å². The molecule has 0 aromatic carbocycles. The highest BCUT2D eigenvalue weighted by molar-refractivity contribution is 7.92. The zero-order valence-corrected chi connectivity index (χ0v) is 25.4. The number of aliphatic carboxylic acids is 1. The molecule has 0 aliphatic heterocycles. The molecule has 246 valence electrons. The summed E-state index contributed by atoms with van der Waals surface area (Å²) in [5, 5.41) is 41.6. The Morgan fingerprint density at radius 3 is 2.02 bits per heavy atom. The number of carboxylic acid groups (broad SMARTS) is 1. The Bertz CT molecular complexity index is 1060. The summed E-state index contributed by atoms with van der Waals surface area (Å²) in [4.78, 5) is 45.5. The van der Waals surface area contributed by atoms with E-state index in [2.05, 4.69) is 15.7 Å². The van der Waals surface area contributed by atoms with E-state index in [1.165, 1.54) is 0 Å². The van der Waals surface area contributed by atoms with Crippen LogP contribution in [0.3, 0.4) is 0 Å². The number of hydrogen-bond donors (Lipinski definition) is 5. The lowest BCUT2D eigenvalue weighted by molar-refractivity contribution is -0.528. The molecular weight excluding hydrogens is 586 g/mol. The number of aliphatic hydroxyl groups is 1. The van der Waals surface area contributed by atoms with Crippen LogP contribution in [-0.2, 0) is 29.2 Å². The number of rotatable bonds is 12. The van der Waals surface area contributed by atoms with Gasteiger partial charge in [0.25, 0.3) is 0 Å². The van der Waals surface area contributed by atoms with Gasteiger partial charge in [0.15, 0.2) is 9.84 Å². The Morgan fingerprint density at radius 1 is 0.814 bits per heavy atom. The number of sulfone groups is 1. The number of nitrogens with zero attached hydrogens (tertiary/aromatic N) is 1. The first-order valence-electron chi connectivity index (χ1n) is 15.7. The molecule has 4 aliphatic carbocycles. The third-order valence-corrected chi connectivity index (χ3v) is 13.1. The average molecular weight is 634 g/mol. The Balaban J connectivity index is 1.19. The first-order valence-corrected chi connectivity index (χ1v) is 17.3. The van der Waals surface area contributed by atoms with Crippen LogP contribution >= 0.6 is 0 Å². The predicted molar refractivity (Wildman–Crippen MR) is 153 cm³/mol. The fourth-order valence-corrected chi connectivity index (χ4v) is 10.0. The van der Waals surface area contributed by atoms with E-state index in [9.17, 15) is 38.3 Å². The second kappa shape index (κ2) is 15.4.